The number of likely N-dealkylation sites (tertiary alicyclic amines) is 1. The average molecular weight is 387 g/mol. The van der Waals surface area contributed by atoms with Crippen LogP contribution in [0.3, 0.4) is 0 Å². The molecule has 0 saturated carbocycles. The van der Waals surface area contributed by atoms with Crippen LogP contribution in [0.4, 0.5) is 5.95 Å². The highest BCUT2D eigenvalue weighted by atomic mass is 16.5. The zero-order valence-electron chi connectivity index (χ0n) is 16.3. The molecule has 3 heterocycles. The van der Waals surface area contributed by atoms with Crippen molar-refractivity contribution in [3.8, 4) is 0 Å². The van der Waals surface area contributed by atoms with Crippen molar-refractivity contribution in [3.05, 3.63) is 35.4 Å². The summed E-state index contributed by atoms with van der Waals surface area (Å²) < 4.78 is 4.98. The van der Waals surface area contributed by atoms with E-state index in [1.165, 1.54) is 0 Å². The Bertz CT molecular complexity index is 823. The van der Waals surface area contributed by atoms with E-state index < -0.39 is 0 Å². The highest BCUT2D eigenvalue weighted by Crippen LogP contribution is 2.29. The number of methoxy groups -OCH3 is 1. The third-order valence-corrected chi connectivity index (χ3v) is 4.64. The van der Waals surface area contributed by atoms with Gasteiger partial charge in [0.15, 0.2) is 0 Å². The fourth-order valence-electron chi connectivity index (χ4n) is 3.16. The zero-order valence-corrected chi connectivity index (χ0v) is 16.3. The van der Waals surface area contributed by atoms with Gasteiger partial charge in [-0.15, -0.1) is 0 Å². The Kier molecular flexibility index (Phi) is 6.19. The van der Waals surface area contributed by atoms with Gasteiger partial charge in [-0.1, -0.05) is 0 Å². The number of nitrogens with zero attached hydrogens (tertiary/aromatic N) is 5. The summed E-state index contributed by atoms with van der Waals surface area (Å²) in [6.45, 7) is 1.90. The van der Waals surface area contributed by atoms with Crippen LogP contribution in [0.5, 0.6) is 0 Å². The molecule has 0 aromatic carbocycles. The molecule has 3 rings (SSSR count). The molecule has 0 bridgehead atoms. The number of amides is 2. The van der Waals surface area contributed by atoms with Crippen LogP contribution in [-0.2, 0) is 4.74 Å². The summed E-state index contributed by atoms with van der Waals surface area (Å²) in [7, 11) is 5.27. The maximum Gasteiger partial charge on any atom is 0.271 e. The second kappa shape index (κ2) is 8.79. The van der Waals surface area contributed by atoms with E-state index in [4.69, 9.17) is 4.74 Å². The number of rotatable bonds is 7. The van der Waals surface area contributed by atoms with E-state index in [1.54, 1.807) is 35.4 Å². The largest absolute Gasteiger partial charge is 0.383 e. The van der Waals surface area contributed by atoms with Gasteiger partial charge in [0, 0.05) is 59.2 Å². The second-order valence-corrected chi connectivity index (χ2v) is 6.82. The molecule has 0 spiro atoms. The molecular formula is C18H25N7O3. The van der Waals surface area contributed by atoms with Crippen LogP contribution in [0.25, 0.3) is 0 Å². The van der Waals surface area contributed by atoms with Crippen molar-refractivity contribution in [2.75, 3.05) is 52.3 Å². The number of hydrogen-bond acceptors (Lipinski definition) is 7. The fourth-order valence-corrected chi connectivity index (χ4v) is 3.16. The number of H-pyrrole nitrogens is 1. The van der Waals surface area contributed by atoms with E-state index in [0.29, 0.717) is 49.1 Å². The molecule has 2 aromatic rings. The first-order chi connectivity index (χ1) is 13.5. The molecule has 2 N–H and O–H groups in total. The number of hydrogen-bond donors (Lipinski definition) is 2. The minimum atomic E-state index is -0.240. The highest BCUT2D eigenvalue weighted by molar-refractivity contribution is 5.95. The fraction of sp³-hybridized carbons (Fsp3) is 0.500. The Morgan fingerprint density at radius 2 is 2.25 bits per heavy atom. The normalized spacial score (nSPS) is 16.2. The molecule has 1 saturated heterocycles. The molecule has 1 fully saturated rings. The van der Waals surface area contributed by atoms with Crippen molar-refractivity contribution in [3.63, 3.8) is 0 Å². The SMILES string of the molecule is COCCNC(=O)c1cnc(N(C)C)nc1C1CCN(C(=O)c2ccn[nH]2)C1. The molecule has 10 heteroatoms. The van der Waals surface area contributed by atoms with Crippen molar-refractivity contribution in [1.82, 2.24) is 30.4 Å². The predicted molar refractivity (Wildman–Crippen MR) is 102 cm³/mol. The van der Waals surface area contributed by atoms with Crippen LogP contribution in [0.2, 0.25) is 0 Å². The van der Waals surface area contributed by atoms with Crippen molar-refractivity contribution in [2.45, 2.75) is 12.3 Å². The average Bonchev–Trinajstić information content (AvgIpc) is 3.39. The van der Waals surface area contributed by atoms with E-state index in [9.17, 15) is 9.59 Å². The van der Waals surface area contributed by atoms with Gasteiger partial charge in [0.25, 0.3) is 11.8 Å². The Balaban J connectivity index is 1.81. The van der Waals surface area contributed by atoms with E-state index in [-0.39, 0.29) is 17.7 Å². The van der Waals surface area contributed by atoms with Gasteiger partial charge in [0.05, 0.1) is 17.9 Å². The topological polar surface area (TPSA) is 116 Å². The maximum absolute atomic E-state index is 12.6. The third-order valence-electron chi connectivity index (χ3n) is 4.64. The summed E-state index contributed by atoms with van der Waals surface area (Å²) in [6, 6.07) is 1.65. The number of aromatic nitrogens is 4. The van der Waals surface area contributed by atoms with Crippen molar-refractivity contribution >= 4 is 17.8 Å². The zero-order chi connectivity index (χ0) is 20.1. The third kappa shape index (κ3) is 4.28. The van der Waals surface area contributed by atoms with E-state index in [2.05, 4.69) is 25.5 Å². The molecule has 2 amide bonds. The Morgan fingerprint density at radius 3 is 2.93 bits per heavy atom. The molecule has 2 aromatic heterocycles. The van der Waals surface area contributed by atoms with Gasteiger partial charge in [0.1, 0.15) is 5.69 Å². The van der Waals surface area contributed by atoms with Crippen LogP contribution >= 0.6 is 0 Å². The van der Waals surface area contributed by atoms with Crippen molar-refractivity contribution in [2.24, 2.45) is 0 Å². The molecule has 1 unspecified atom stereocenters. The van der Waals surface area contributed by atoms with Gasteiger partial charge in [0.2, 0.25) is 5.95 Å². The molecule has 1 aliphatic heterocycles. The van der Waals surface area contributed by atoms with Gasteiger partial charge in [-0.05, 0) is 12.5 Å². The summed E-state index contributed by atoms with van der Waals surface area (Å²) in [5.74, 6) is 0.141. The highest BCUT2D eigenvalue weighted by Gasteiger charge is 2.32. The quantitative estimate of drug-likeness (QED) is 0.655. The van der Waals surface area contributed by atoms with Crippen LogP contribution in [0, 0.1) is 0 Å². The number of anilines is 1. The molecule has 150 valence electrons. The van der Waals surface area contributed by atoms with E-state index in [0.717, 1.165) is 6.42 Å². The van der Waals surface area contributed by atoms with Gasteiger partial charge in [-0.25, -0.2) is 9.97 Å². The summed E-state index contributed by atoms with van der Waals surface area (Å²) in [4.78, 5) is 37.7. The lowest BCUT2D eigenvalue weighted by atomic mass is 9.99. The van der Waals surface area contributed by atoms with Gasteiger partial charge in [-0.3, -0.25) is 14.7 Å². The lowest BCUT2D eigenvalue weighted by Crippen LogP contribution is -2.31. The van der Waals surface area contributed by atoms with Crippen LogP contribution in [-0.4, -0.2) is 84.3 Å². The van der Waals surface area contributed by atoms with Crippen LogP contribution in [0.1, 0.15) is 38.9 Å². The molecule has 1 aliphatic rings. The molecular weight excluding hydrogens is 362 g/mol. The monoisotopic (exact) mass is 387 g/mol. The van der Waals surface area contributed by atoms with Gasteiger partial charge in [-0.2, -0.15) is 5.10 Å². The number of carbonyl (C=O) groups is 2. The van der Waals surface area contributed by atoms with Gasteiger partial charge < -0.3 is 19.9 Å². The first kappa shape index (κ1) is 19.7. The number of nitrogens with one attached hydrogen (secondary N) is 2. The minimum absolute atomic E-state index is 0.0447. The van der Waals surface area contributed by atoms with Gasteiger partial charge >= 0.3 is 0 Å². The van der Waals surface area contributed by atoms with E-state index >= 15 is 0 Å². The Labute approximate surface area is 163 Å². The maximum atomic E-state index is 12.6. The van der Waals surface area contributed by atoms with Crippen molar-refractivity contribution < 1.29 is 14.3 Å². The summed E-state index contributed by atoms with van der Waals surface area (Å²) in [5.41, 5.74) is 1.55. The first-order valence-corrected chi connectivity index (χ1v) is 9.11. The number of ether oxygens (including phenoxy) is 1. The number of aromatic amines is 1. The summed E-state index contributed by atoms with van der Waals surface area (Å²) in [5, 5.41) is 9.35. The molecule has 10 nitrogen and oxygen atoms in total. The summed E-state index contributed by atoms with van der Waals surface area (Å²) in [6.07, 6.45) is 3.83. The van der Waals surface area contributed by atoms with E-state index in [1.807, 2.05) is 14.1 Å². The molecule has 0 radical (unpaired) electrons. The minimum Gasteiger partial charge on any atom is -0.383 e. The Hall–Kier alpha value is -3.01. The first-order valence-electron chi connectivity index (χ1n) is 9.11. The molecule has 0 aliphatic carbocycles. The Morgan fingerprint density at radius 1 is 1.43 bits per heavy atom. The smallest absolute Gasteiger partial charge is 0.271 e. The number of carbonyl (C=O) groups excluding carboxylic acids is 2. The second-order valence-electron chi connectivity index (χ2n) is 6.82. The molecule has 1 atom stereocenters. The molecule has 28 heavy (non-hydrogen) atoms. The predicted octanol–water partition coefficient (Wildman–Crippen LogP) is 0.272. The summed E-state index contributed by atoms with van der Waals surface area (Å²) >= 11 is 0. The van der Waals surface area contributed by atoms with Crippen LogP contribution < -0.4 is 10.2 Å². The lowest BCUT2D eigenvalue weighted by Gasteiger charge is -2.19. The van der Waals surface area contributed by atoms with Crippen molar-refractivity contribution in [1.29, 1.82) is 0 Å². The lowest BCUT2D eigenvalue weighted by molar-refractivity contribution is 0.0785. The standard InChI is InChI=1S/C18H25N7O3/c1-24(2)18-20-10-13(16(26)19-7-9-28-3)15(22-18)12-5-8-25(11-12)17(27)14-4-6-21-23-14/h4,6,10,12H,5,7-9,11H2,1-3H3,(H,19,26)(H,21,23). The van der Waals surface area contributed by atoms with Crippen LogP contribution in [0.15, 0.2) is 18.5 Å².